The highest BCUT2D eigenvalue weighted by molar-refractivity contribution is 5.88. The molecule has 0 aliphatic rings. The number of hydrogen-bond donors (Lipinski definition) is 1. The van der Waals surface area contributed by atoms with E-state index < -0.39 is 11.5 Å². The molecule has 0 spiro atoms. The average molecular weight is 276 g/mol. The number of carbonyl (C=O) groups excluding carboxylic acids is 1. The van der Waals surface area contributed by atoms with Crippen molar-refractivity contribution in [1.82, 2.24) is 9.97 Å². The minimum absolute atomic E-state index is 0.157. The number of nitrogens with zero attached hydrogens (tertiary/aromatic N) is 1. The predicted molar refractivity (Wildman–Crippen MR) is 70.9 cm³/mol. The standard InChI is InChI=1S/C14H13FN2O3/c1-3-20-14(19)11-7-16-12(17-13(11)18)10-5-4-9(15)6-8(10)2/h4-7H,3H2,1-2H3,(H,16,17,18). The third kappa shape index (κ3) is 2.74. The van der Waals surface area contributed by atoms with E-state index in [2.05, 4.69) is 9.97 Å². The zero-order chi connectivity index (χ0) is 14.7. The van der Waals surface area contributed by atoms with Gasteiger partial charge in [-0.1, -0.05) is 0 Å². The fourth-order valence-electron chi connectivity index (χ4n) is 1.78. The van der Waals surface area contributed by atoms with E-state index in [1.54, 1.807) is 13.8 Å². The van der Waals surface area contributed by atoms with E-state index in [4.69, 9.17) is 4.74 Å². The Kier molecular flexibility index (Phi) is 3.93. The van der Waals surface area contributed by atoms with Crippen molar-refractivity contribution in [3.05, 3.63) is 51.7 Å². The van der Waals surface area contributed by atoms with Crippen LogP contribution in [0.3, 0.4) is 0 Å². The number of benzene rings is 1. The molecule has 2 aromatic rings. The second-order valence-corrected chi connectivity index (χ2v) is 4.15. The number of nitrogens with one attached hydrogen (secondary N) is 1. The van der Waals surface area contributed by atoms with Gasteiger partial charge in [0, 0.05) is 11.8 Å². The second kappa shape index (κ2) is 5.64. The average Bonchev–Trinajstić information content (AvgIpc) is 2.38. The summed E-state index contributed by atoms with van der Waals surface area (Å²) in [6.07, 6.45) is 1.16. The van der Waals surface area contributed by atoms with E-state index in [-0.39, 0.29) is 23.8 Å². The van der Waals surface area contributed by atoms with Crippen LogP contribution < -0.4 is 5.56 Å². The number of esters is 1. The highest BCUT2D eigenvalue weighted by Crippen LogP contribution is 2.19. The Morgan fingerprint density at radius 2 is 2.20 bits per heavy atom. The number of aromatic amines is 1. The van der Waals surface area contributed by atoms with Crippen molar-refractivity contribution in [3.63, 3.8) is 0 Å². The van der Waals surface area contributed by atoms with Gasteiger partial charge in [-0.25, -0.2) is 14.2 Å². The van der Waals surface area contributed by atoms with Gasteiger partial charge in [-0.2, -0.15) is 0 Å². The van der Waals surface area contributed by atoms with Crippen LogP contribution in [-0.2, 0) is 4.74 Å². The van der Waals surface area contributed by atoms with Crippen molar-refractivity contribution in [2.75, 3.05) is 6.61 Å². The van der Waals surface area contributed by atoms with Crippen LogP contribution in [0.15, 0.2) is 29.2 Å². The van der Waals surface area contributed by atoms with Crippen LogP contribution >= 0.6 is 0 Å². The summed E-state index contributed by atoms with van der Waals surface area (Å²) in [6.45, 7) is 3.53. The summed E-state index contributed by atoms with van der Waals surface area (Å²) in [6, 6.07) is 4.14. The molecule has 0 radical (unpaired) electrons. The Labute approximate surface area is 114 Å². The van der Waals surface area contributed by atoms with Crippen LogP contribution in [0.1, 0.15) is 22.8 Å². The molecular weight excluding hydrogens is 263 g/mol. The smallest absolute Gasteiger partial charge is 0.345 e. The van der Waals surface area contributed by atoms with Crippen molar-refractivity contribution < 1.29 is 13.9 Å². The Balaban J connectivity index is 2.43. The van der Waals surface area contributed by atoms with Crippen molar-refractivity contribution in [1.29, 1.82) is 0 Å². The molecule has 2 rings (SSSR count). The molecule has 5 nitrogen and oxygen atoms in total. The molecule has 0 fully saturated rings. The van der Waals surface area contributed by atoms with E-state index in [9.17, 15) is 14.0 Å². The van der Waals surface area contributed by atoms with Gasteiger partial charge in [-0.05, 0) is 37.6 Å². The molecular formula is C14H13FN2O3. The van der Waals surface area contributed by atoms with Crippen LogP contribution in [0.5, 0.6) is 0 Å². The SMILES string of the molecule is CCOC(=O)c1cnc(-c2ccc(F)cc2C)[nH]c1=O. The second-order valence-electron chi connectivity index (χ2n) is 4.15. The van der Waals surface area contributed by atoms with E-state index >= 15 is 0 Å². The molecule has 1 aromatic carbocycles. The minimum Gasteiger partial charge on any atom is -0.462 e. The number of ether oxygens (including phenoxy) is 1. The molecule has 20 heavy (non-hydrogen) atoms. The molecule has 0 unspecified atom stereocenters. The number of aryl methyl sites for hydroxylation is 1. The lowest BCUT2D eigenvalue weighted by atomic mass is 10.1. The third-order valence-corrected chi connectivity index (χ3v) is 2.74. The predicted octanol–water partition coefficient (Wildman–Crippen LogP) is 2.06. The first-order valence-electron chi connectivity index (χ1n) is 6.06. The van der Waals surface area contributed by atoms with Gasteiger partial charge >= 0.3 is 5.97 Å². The van der Waals surface area contributed by atoms with Gasteiger partial charge in [0.15, 0.2) is 0 Å². The lowest BCUT2D eigenvalue weighted by Gasteiger charge is -2.06. The Morgan fingerprint density at radius 3 is 2.80 bits per heavy atom. The number of H-pyrrole nitrogens is 1. The molecule has 0 atom stereocenters. The molecule has 1 aromatic heterocycles. The van der Waals surface area contributed by atoms with Crippen molar-refractivity contribution >= 4 is 5.97 Å². The highest BCUT2D eigenvalue weighted by atomic mass is 19.1. The van der Waals surface area contributed by atoms with E-state index in [1.165, 1.54) is 18.2 Å². The molecule has 104 valence electrons. The number of rotatable bonds is 3. The summed E-state index contributed by atoms with van der Waals surface area (Å²) in [7, 11) is 0. The van der Waals surface area contributed by atoms with Gasteiger partial charge < -0.3 is 9.72 Å². The van der Waals surface area contributed by atoms with Crippen molar-refractivity contribution in [2.45, 2.75) is 13.8 Å². The van der Waals surface area contributed by atoms with E-state index in [0.29, 0.717) is 11.1 Å². The van der Waals surface area contributed by atoms with Crippen LogP contribution in [0.2, 0.25) is 0 Å². The maximum absolute atomic E-state index is 13.0. The van der Waals surface area contributed by atoms with Crippen LogP contribution in [0.25, 0.3) is 11.4 Å². The van der Waals surface area contributed by atoms with Crippen molar-refractivity contribution in [3.8, 4) is 11.4 Å². The number of aromatic nitrogens is 2. The zero-order valence-electron chi connectivity index (χ0n) is 11.1. The van der Waals surface area contributed by atoms with Crippen LogP contribution in [-0.4, -0.2) is 22.5 Å². The molecule has 0 aliphatic carbocycles. The summed E-state index contributed by atoms with van der Waals surface area (Å²) in [5.41, 5.74) is 0.489. The lowest BCUT2D eigenvalue weighted by Crippen LogP contribution is -2.21. The number of halogens is 1. The van der Waals surface area contributed by atoms with Crippen LogP contribution in [0, 0.1) is 12.7 Å². The van der Waals surface area contributed by atoms with Gasteiger partial charge in [0.25, 0.3) is 5.56 Å². The first kappa shape index (κ1) is 13.9. The zero-order valence-corrected chi connectivity index (χ0v) is 11.1. The van der Waals surface area contributed by atoms with E-state index in [0.717, 1.165) is 6.20 Å². The summed E-state index contributed by atoms with van der Waals surface area (Å²) < 4.78 is 17.8. The first-order valence-corrected chi connectivity index (χ1v) is 6.06. The summed E-state index contributed by atoms with van der Waals surface area (Å²) in [4.78, 5) is 29.9. The van der Waals surface area contributed by atoms with Crippen molar-refractivity contribution in [2.24, 2.45) is 0 Å². The normalized spacial score (nSPS) is 10.3. The molecule has 1 heterocycles. The van der Waals surface area contributed by atoms with Gasteiger partial charge in [-0.3, -0.25) is 4.79 Å². The highest BCUT2D eigenvalue weighted by Gasteiger charge is 2.14. The van der Waals surface area contributed by atoms with Gasteiger partial charge in [-0.15, -0.1) is 0 Å². The van der Waals surface area contributed by atoms with Gasteiger partial charge in [0.1, 0.15) is 17.2 Å². The number of hydrogen-bond acceptors (Lipinski definition) is 4. The van der Waals surface area contributed by atoms with Gasteiger partial charge in [0.05, 0.1) is 6.61 Å². The van der Waals surface area contributed by atoms with Gasteiger partial charge in [0.2, 0.25) is 0 Å². The third-order valence-electron chi connectivity index (χ3n) is 2.74. The minimum atomic E-state index is -0.719. The summed E-state index contributed by atoms with van der Waals surface area (Å²) >= 11 is 0. The molecule has 1 N–H and O–H groups in total. The summed E-state index contributed by atoms with van der Waals surface area (Å²) in [5, 5.41) is 0. The molecule has 0 bridgehead atoms. The Morgan fingerprint density at radius 1 is 1.45 bits per heavy atom. The summed E-state index contributed by atoms with van der Waals surface area (Å²) in [5.74, 6) is -0.805. The molecule has 0 saturated heterocycles. The molecule has 0 aliphatic heterocycles. The first-order chi connectivity index (χ1) is 9.52. The fourth-order valence-corrected chi connectivity index (χ4v) is 1.78. The van der Waals surface area contributed by atoms with E-state index in [1.807, 2.05) is 0 Å². The topological polar surface area (TPSA) is 72.0 Å². The lowest BCUT2D eigenvalue weighted by molar-refractivity contribution is 0.0524. The van der Waals surface area contributed by atoms with Crippen LogP contribution in [0.4, 0.5) is 4.39 Å². The maximum Gasteiger partial charge on any atom is 0.345 e. The maximum atomic E-state index is 13.0. The number of carbonyl (C=O) groups is 1. The molecule has 6 heteroatoms. The molecule has 0 saturated carbocycles. The largest absolute Gasteiger partial charge is 0.462 e. The Hall–Kier alpha value is -2.50. The Bertz CT molecular complexity index is 710. The fraction of sp³-hybridized carbons (Fsp3) is 0.214. The monoisotopic (exact) mass is 276 g/mol. The molecule has 0 amide bonds. The quantitative estimate of drug-likeness (QED) is 0.871.